The van der Waals surface area contributed by atoms with Gasteiger partial charge in [-0.05, 0) is 42.0 Å². The van der Waals surface area contributed by atoms with E-state index in [1.165, 1.54) is 0 Å². The molecule has 0 aliphatic carbocycles. The number of hydrogen-bond acceptors (Lipinski definition) is 5. The molecule has 3 heterocycles. The fourth-order valence-electron chi connectivity index (χ4n) is 3.35. The molecular formula is C22H15Cl2N3OS. The van der Waals surface area contributed by atoms with Gasteiger partial charge in [0.15, 0.2) is 0 Å². The first-order valence-corrected chi connectivity index (χ1v) is 10.7. The predicted octanol–water partition coefficient (Wildman–Crippen LogP) is 7.07. The molecule has 1 aliphatic rings. The van der Waals surface area contributed by atoms with Gasteiger partial charge in [-0.1, -0.05) is 47.5 Å². The van der Waals surface area contributed by atoms with E-state index in [2.05, 4.69) is 0 Å². The highest BCUT2D eigenvalue weighted by Gasteiger charge is 2.32. The van der Waals surface area contributed by atoms with Gasteiger partial charge in [-0.2, -0.15) is 5.10 Å². The molecule has 1 aliphatic heterocycles. The molecule has 7 heteroatoms. The zero-order valence-corrected chi connectivity index (χ0v) is 17.5. The van der Waals surface area contributed by atoms with Crippen molar-refractivity contribution in [3.05, 3.63) is 93.7 Å². The van der Waals surface area contributed by atoms with Gasteiger partial charge in [0.2, 0.25) is 5.13 Å². The molecule has 0 bridgehead atoms. The maximum atomic E-state index is 6.09. The molecule has 0 saturated heterocycles. The third-order valence-corrected chi connectivity index (χ3v) is 6.13. The maximum Gasteiger partial charge on any atom is 0.207 e. The molecule has 0 amide bonds. The van der Waals surface area contributed by atoms with Crippen LogP contribution in [-0.2, 0) is 0 Å². The van der Waals surface area contributed by atoms with Crippen molar-refractivity contribution in [2.45, 2.75) is 12.5 Å². The Balaban J connectivity index is 1.52. The molecule has 4 aromatic rings. The van der Waals surface area contributed by atoms with Crippen LogP contribution < -0.4 is 5.01 Å². The second-order valence-electron chi connectivity index (χ2n) is 6.66. The summed E-state index contributed by atoms with van der Waals surface area (Å²) in [5.74, 6) is 0.779. The van der Waals surface area contributed by atoms with Gasteiger partial charge in [0.1, 0.15) is 11.5 Å². The Morgan fingerprint density at radius 2 is 1.69 bits per heavy atom. The molecule has 0 N–H and O–H groups in total. The van der Waals surface area contributed by atoms with Crippen molar-refractivity contribution >= 4 is 45.4 Å². The van der Waals surface area contributed by atoms with E-state index in [-0.39, 0.29) is 6.04 Å². The van der Waals surface area contributed by atoms with E-state index in [0.717, 1.165) is 39.8 Å². The summed E-state index contributed by atoms with van der Waals surface area (Å²) in [4.78, 5) is 4.84. The van der Waals surface area contributed by atoms with Crippen LogP contribution >= 0.6 is 34.5 Å². The van der Waals surface area contributed by atoms with E-state index < -0.39 is 0 Å². The molecule has 2 aromatic carbocycles. The van der Waals surface area contributed by atoms with Crippen LogP contribution in [0.3, 0.4) is 0 Å². The average Bonchev–Trinajstić information content (AvgIpc) is 3.48. The molecule has 0 radical (unpaired) electrons. The molecule has 4 nitrogen and oxygen atoms in total. The van der Waals surface area contributed by atoms with Crippen LogP contribution in [0.1, 0.15) is 23.8 Å². The minimum Gasteiger partial charge on any atom is -0.463 e. The fourth-order valence-corrected chi connectivity index (χ4v) is 4.43. The monoisotopic (exact) mass is 439 g/mol. The summed E-state index contributed by atoms with van der Waals surface area (Å²) < 4.78 is 5.58. The summed E-state index contributed by atoms with van der Waals surface area (Å²) in [6.07, 6.45) is 2.39. The fraction of sp³-hybridized carbons (Fsp3) is 0.0909. The number of aromatic nitrogens is 1. The Morgan fingerprint density at radius 1 is 0.966 bits per heavy atom. The van der Waals surface area contributed by atoms with Crippen molar-refractivity contribution in [3.63, 3.8) is 0 Å². The highest BCUT2D eigenvalue weighted by Crippen LogP contribution is 2.39. The number of benzene rings is 2. The van der Waals surface area contributed by atoms with Crippen molar-refractivity contribution in [3.8, 4) is 11.3 Å². The van der Waals surface area contributed by atoms with Gasteiger partial charge >= 0.3 is 0 Å². The zero-order valence-electron chi connectivity index (χ0n) is 15.1. The van der Waals surface area contributed by atoms with E-state index in [1.807, 2.05) is 71.1 Å². The zero-order chi connectivity index (χ0) is 19.8. The quantitative estimate of drug-likeness (QED) is 0.341. The average molecular weight is 440 g/mol. The number of thiazole rings is 1. The van der Waals surface area contributed by atoms with Crippen molar-refractivity contribution in [1.82, 2.24) is 4.98 Å². The first kappa shape index (κ1) is 18.4. The summed E-state index contributed by atoms with van der Waals surface area (Å²) in [6.45, 7) is 0. The molecule has 0 fully saturated rings. The van der Waals surface area contributed by atoms with Gasteiger partial charge in [-0.15, -0.1) is 11.3 Å². The number of rotatable bonds is 4. The van der Waals surface area contributed by atoms with Crippen molar-refractivity contribution in [2.24, 2.45) is 5.10 Å². The molecule has 5 rings (SSSR count). The number of nitrogens with zero attached hydrogens (tertiary/aromatic N) is 3. The highest BCUT2D eigenvalue weighted by atomic mass is 35.5. The second kappa shape index (κ2) is 7.67. The summed E-state index contributed by atoms with van der Waals surface area (Å²) in [5, 5.41) is 11.1. The van der Waals surface area contributed by atoms with Gasteiger partial charge in [0.25, 0.3) is 0 Å². The number of anilines is 1. The third-order valence-electron chi connectivity index (χ3n) is 4.80. The number of furan rings is 1. The second-order valence-corrected chi connectivity index (χ2v) is 8.37. The Hall–Kier alpha value is -2.60. The lowest BCUT2D eigenvalue weighted by Gasteiger charge is -2.21. The highest BCUT2D eigenvalue weighted by molar-refractivity contribution is 7.14. The lowest BCUT2D eigenvalue weighted by Crippen LogP contribution is -2.18. The normalized spacial score (nSPS) is 16.3. The van der Waals surface area contributed by atoms with Gasteiger partial charge in [0, 0.05) is 27.4 Å². The van der Waals surface area contributed by atoms with E-state index in [4.69, 9.17) is 37.7 Å². The van der Waals surface area contributed by atoms with Crippen LogP contribution in [0.5, 0.6) is 0 Å². The smallest absolute Gasteiger partial charge is 0.207 e. The topological polar surface area (TPSA) is 41.6 Å². The third kappa shape index (κ3) is 3.69. The molecule has 29 heavy (non-hydrogen) atoms. The van der Waals surface area contributed by atoms with Gasteiger partial charge < -0.3 is 4.42 Å². The molecule has 2 aromatic heterocycles. The van der Waals surface area contributed by atoms with Crippen LogP contribution in [0.2, 0.25) is 10.0 Å². The minimum absolute atomic E-state index is 0.0246. The van der Waals surface area contributed by atoms with Crippen molar-refractivity contribution in [2.75, 3.05) is 5.01 Å². The van der Waals surface area contributed by atoms with Gasteiger partial charge in [0.05, 0.1) is 18.0 Å². The van der Waals surface area contributed by atoms with Crippen LogP contribution in [0.4, 0.5) is 5.13 Å². The maximum absolute atomic E-state index is 6.09. The number of hydrogen-bond donors (Lipinski definition) is 0. The minimum atomic E-state index is 0.0246. The van der Waals surface area contributed by atoms with E-state index >= 15 is 0 Å². The SMILES string of the molecule is Clc1ccc(-c2csc(N3N=C(c4ccco4)C[C@H]3c3ccc(Cl)cc3)n2)cc1. The van der Waals surface area contributed by atoms with Crippen LogP contribution in [0, 0.1) is 0 Å². The summed E-state index contributed by atoms with van der Waals surface area (Å²) >= 11 is 13.7. The summed E-state index contributed by atoms with van der Waals surface area (Å²) in [5.41, 5.74) is 3.95. The van der Waals surface area contributed by atoms with Crippen molar-refractivity contribution < 1.29 is 4.42 Å². The Bertz CT molecular complexity index is 1150. The van der Waals surface area contributed by atoms with Crippen LogP contribution in [0.25, 0.3) is 11.3 Å². The van der Waals surface area contributed by atoms with E-state index in [0.29, 0.717) is 10.0 Å². The van der Waals surface area contributed by atoms with E-state index in [9.17, 15) is 0 Å². The summed E-state index contributed by atoms with van der Waals surface area (Å²) in [7, 11) is 0. The molecular weight excluding hydrogens is 425 g/mol. The molecule has 144 valence electrons. The largest absolute Gasteiger partial charge is 0.463 e. The Kier molecular flexibility index (Phi) is 4.87. The van der Waals surface area contributed by atoms with Crippen molar-refractivity contribution in [1.29, 1.82) is 0 Å². The number of halogens is 2. The molecule has 1 atom stereocenters. The van der Waals surface area contributed by atoms with Gasteiger partial charge in [-0.25, -0.2) is 9.99 Å². The first-order chi connectivity index (χ1) is 14.2. The summed E-state index contributed by atoms with van der Waals surface area (Å²) in [6, 6.07) is 19.4. The first-order valence-electron chi connectivity index (χ1n) is 9.05. The molecule has 0 spiro atoms. The van der Waals surface area contributed by atoms with Crippen LogP contribution in [-0.4, -0.2) is 10.7 Å². The Labute approximate surface area is 182 Å². The Morgan fingerprint density at radius 3 is 2.38 bits per heavy atom. The lowest BCUT2D eigenvalue weighted by atomic mass is 10.0. The van der Waals surface area contributed by atoms with Gasteiger partial charge in [-0.3, -0.25) is 0 Å². The molecule has 0 unspecified atom stereocenters. The number of hydrazone groups is 1. The lowest BCUT2D eigenvalue weighted by molar-refractivity contribution is 0.556. The van der Waals surface area contributed by atoms with Crippen LogP contribution in [0.15, 0.2) is 81.8 Å². The predicted molar refractivity (Wildman–Crippen MR) is 119 cm³/mol. The van der Waals surface area contributed by atoms with E-state index in [1.54, 1.807) is 17.6 Å². The standard InChI is InChI=1S/C22H15Cl2N3OS/c23-16-7-3-14(4-8-16)19-13-29-22(25-19)27-20(15-5-9-17(24)10-6-15)12-18(26-27)21-2-1-11-28-21/h1-11,13,20H,12H2/t20-/m0/s1. The molecule has 0 saturated carbocycles.